The van der Waals surface area contributed by atoms with Gasteiger partial charge in [-0.3, -0.25) is 0 Å². The average Bonchev–Trinajstić information content (AvgIpc) is 2.46. The highest BCUT2D eigenvalue weighted by Crippen LogP contribution is 2.29. The summed E-state index contributed by atoms with van der Waals surface area (Å²) in [6, 6.07) is 7.47. The third-order valence-corrected chi connectivity index (χ3v) is 5.76. The molecule has 0 aliphatic heterocycles. The second-order valence-corrected chi connectivity index (χ2v) is 7.96. The zero-order valence-corrected chi connectivity index (χ0v) is 13.5. The molecular formula is C16H26N2O2S. The van der Waals surface area contributed by atoms with Gasteiger partial charge in [0.2, 0.25) is 10.0 Å². The third kappa shape index (κ3) is 5.09. The first-order valence-corrected chi connectivity index (χ1v) is 9.40. The Labute approximate surface area is 128 Å². The lowest BCUT2D eigenvalue weighted by molar-refractivity contribution is 0.257. The molecular weight excluding hydrogens is 284 g/mol. The smallest absolute Gasteiger partial charge is 0.215 e. The van der Waals surface area contributed by atoms with E-state index in [1.54, 1.807) is 0 Å². The van der Waals surface area contributed by atoms with Gasteiger partial charge in [-0.1, -0.05) is 50.5 Å². The summed E-state index contributed by atoms with van der Waals surface area (Å²) in [6.07, 6.45) is 4.84. The predicted molar refractivity (Wildman–Crippen MR) is 86.1 cm³/mol. The molecule has 0 heterocycles. The molecule has 1 aromatic rings. The monoisotopic (exact) mass is 310 g/mol. The van der Waals surface area contributed by atoms with E-state index in [9.17, 15) is 8.42 Å². The van der Waals surface area contributed by atoms with Crippen LogP contribution in [-0.2, 0) is 22.3 Å². The van der Waals surface area contributed by atoms with Crippen LogP contribution in [0, 0.1) is 11.8 Å². The molecule has 5 heteroatoms. The molecule has 0 saturated heterocycles. The van der Waals surface area contributed by atoms with Gasteiger partial charge < -0.3 is 5.73 Å². The van der Waals surface area contributed by atoms with Gasteiger partial charge in [0.05, 0.1) is 5.75 Å². The van der Waals surface area contributed by atoms with Gasteiger partial charge in [-0.15, -0.1) is 0 Å². The highest BCUT2D eigenvalue weighted by atomic mass is 32.2. The number of hydrogen-bond donors (Lipinski definition) is 2. The molecule has 0 amide bonds. The fourth-order valence-corrected chi connectivity index (χ4v) is 4.24. The Balaban J connectivity index is 1.92. The maximum Gasteiger partial charge on any atom is 0.215 e. The molecule has 2 atom stereocenters. The Bertz CT molecular complexity index is 557. The van der Waals surface area contributed by atoms with E-state index in [4.69, 9.17) is 5.73 Å². The average molecular weight is 310 g/mol. The Hall–Kier alpha value is -0.910. The minimum atomic E-state index is -3.27. The first-order valence-electron chi connectivity index (χ1n) is 7.75. The molecule has 2 unspecified atom stereocenters. The van der Waals surface area contributed by atoms with E-state index in [-0.39, 0.29) is 5.75 Å². The molecule has 4 nitrogen and oxygen atoms in total. The quantitative estimate of drug-likeness (QED) is 0.847. The van der Waals surface area contributed by atoms with Crippen LogP contribution in [0.5, 0.6) is 0 Å². The van der Waals surface area contributed by atoms with Crippen molar-refractivity contribution < 1.29 is 8.42 Å². The molecule has 0 spiro atoms. The van der Waals surface area contributed by atoms with Crippen LogP contribution < -0.4 is 10.5 Å². The van der Waals surface area contributed by atoms with Crippen molar-refractivity contribution in [2.24, 2.45) is 17.6 Å². The SMILES string of the molecule is CC1CCCCC1CNS(=O)(=O)Cc1cccc(CN)c1. The lowest BCUT2D eigenvalue weighted by Gasteiger charge is -2.28. The fraction of sp³-hybridized carbons (Fsp3) is 0.625. The summed E-state index contributed by atoms with van der Waals surface area (Å²) in [5, 5.41) is 0. The van der Waals surface area contributed by atoms with E-state index in [2.05, 4.69) is 11.6 Å². The molecule has 0 bridgehead atoms. The standard InChI is InChI=1S/C16H26N2O2S/c1-13-5-2-3-8-16(13)11-18-21(19,20)12-15-7-4-6-14(9-15)10-17/h4,6-7,9,13,16,18H,2-3,5,8,10-12,17H2,1H3. The van der Waals surface area contributed by atoms with Crippen LogP contribution in [0.1, 0.15) is 43.7 Å². The predicted octanol–water partition coefficient (Wildman–Crippen LogP) is 2.39. The second kappa shape index (κ2) is 7.38. The van der Waals surface area contributed by atoms with Gasteiger partial charge in [0, 0.05) is 13.1 Å². The molecule has 3 N–H and O–H groups in total. The van der Waals surface area contributed by atoms with Gasteiger partial charge in [0.25, 0.3) is 0 Å². The van der Waals surface area contributed by atoms with Crippen molar-refractivity contribution in [3.8, 4) is 0 Å². The number of nitrogens with two attached hydrogens (primary N) is 1. The van der Waals surface area contributed by atoms with Gasteiger partial charge in [0.15, 0.2) is 0 Å². The van der Waals surface area contributed by atoms with Gasteiger partial charge in [-0.05, 0) is 29.4 Å². The minimum absolute atomic E-state index is 0.0297. The van der Waals surface area contributed by atoms with Crippen molar-refractivity contribution >= 4 is 10.0 Å². The number of hydrogen-bond acceptors (Lipinski definition) is 3. The van der Waals surface area contributed by atoms with Gasteiger partial charge in [-0.2, -0.15) is 0 Å². The topological polar surface area (TPSA) is 72.2 Å². The minimum Gasteiger partial charge on any atom is -0.326 e. The van der Waals surface area contributed by atoms with Crippen molar-refractivity contribution in [2.45, 2.75) is 44.9 Å². The van der Waals surface area contributed by atoms with Crippen LogP contribution >= 0.6 is 0 Å². The number of rotatable bonds is 6. The molecule has 1 aliphatic rings. The molecule has 2 rings (SSSR count). The molecule has 0 radical (unpaired) electrons. The summed E-state index contributed by atoms with van der Waals surface area (Å²) in [5.74, 6) is 1.12. The van der Waals surface area contributed by atoms with Crippen molar-refractivity contribution in [3.63, 3.8) is 0 Å². The maximum atomic E-state index is 12.2. The van der Waals surface area contributed by atoms with Crippen molar-refractivity contribution in [1.82, 2.24) is 4.72 Å². The maximum absolute atomic E-state index is 12.2. The van der Waals surface area contributed by atoms with Crippen LogP contribution in [-0.4, -0.2) is 15.0 Å². The summed E-state index contributed by atoms with van der Waals surface area (Å²) in [4.78, 5) is 0. The number of sulfonamides is 1. The molecule has 0 aromatic heterocycles. The highest BCUT2D eigenvalue weighted by molar-refractivity contribution is 7.88. The first-order chi connectivity index (χ1) is 10.00. The van der Waals surface area contributed by atoms with Crippen LogP contribution in [0.4, 0.5) is 0 Å². The van der Waals surface area contributed by atoms with E-state index >= 15 is 0 Å². The zero-order chi connectivity index (χ0) is 15.3. The molecule has 21 heavy (non-hydrogen) atoms. The van der Waals surface area contributed by atoms with Crippen LogP contribution in [0.3, 0.4) is 0 Å². The lowest BCUT2D eigenvalue weighted by Crippen LogP contribution is -2.34. The first kappa shape index (κ1) is 16.5. The lowest BCUT2D eigenvalue weighted by atomic mass is 9.81. The normalized spacial score (nSPS) is 23.1. The van der Waals surface area contributed by atoms with E-state index in [0.29, 0.717) is 24.9 Å². The van der Waals surface area contributed by atoms with Crippen LogP contribution in [0.15, 0.2) is 24.3 Å². The second-order valence-electron chi connectivity index (χ2n) is 6.15. The molecule has 1 fully saturated rings. The Morgan fingerprint density at radius 3 is 2.67 bits per heavy atom. The molecule has 1 saturated carbocycles. The fourth-order valence-electron chi connectivity index (χ4n) is 3.05. The summed E-state index contributed by atoms with van der Waals surface area (Å²) < 4.78 is 27.2. The summed E-state index contributed by atoms with van der Waals surface area (Å²) in [6.45, 7) is 3.23. The van der Waals surface area contributed by atoms with E-state index in [0.717, 1.165) is 17.5 Å². The van der Waals surface area contributed by atoms with Crippen molar-refractivity contribution in [1.29, 1.82) is 0 Å². The molecule has 1 aliphatic carbocycles. The molecule has 1 aromatic carbocycles. The van der Waals surface area contributed by atoms with E-state index in [1.807, 2.05) is 24.3 Å². The van der Waals surface area contributed by atoms with Crippen molar-refractivity contribution in [3.05, 3.63) is 35.4 Å². The van der Waals surface area contributed by atoms with E-state index in [1.165, 1.54) is 19.3 Å². The summed E-state index contributed by atoms with van der Waals surface area (Å²) in [5.41, 5.74) is 7.34. The Morgan fingerprint density at radius 1 is 1.24 bits per heavy atom. The Kier molecular flexibility index (Phi) is 5.79. The van der Waals surface area contributed by atoms with E-state index < -0.39 is 10.0 Å². The third-order valence-electron chi connectivity index (χ3n) is 4.44. The van der Waals surface area contributed by atoms with Gasteiger partial charge in [0.1, 0.15) is 0 Å². The summed E-state index contributed by atoms with van der Waals surface area (Å²) in [7, 11) is -3.27. The van der Waals surface area contributed by atoms with Gasteiger partial charge >= 0.3 is 0 Å². The van der Waals surface area contributed by atoms with Crippen LogP contribution in [0.25, 0.3) is 0 Å². The highest BCUT2D eigenvalue weighted by Gasteiger charge is 2.23. The van der Waals surface area contributed by atoms with Gasteiger partial charge in [-0.25, -0.2) is 13.1 Å². The Morgan fingerprint density at radius 2 is 1.95 bits per heavy atom. The number of nitrogens with one attached hydrogen (secondary N) is 1. The largest absolute Gasteiger partial charge is 0.326 e. The summed E-state index contributed by atoms with van der Waals surface area (Å²) >= 11 is 0. The number of benzene rings is 1. The molecule has 118 valence electrons. The van der Waals surface area contributed by atoms with Crippen molar-refractivity contribution in [2.75, 3.05) is 6.54 Å². The van der Waals surface area contributed by atoms with Crippen LogP contribution in [0.2, 0.25) is 0 Å². The zero-order valence-electron chi connectivity index (χ0n) is 12.7.